The zero-order valence-electron chi connectivity index (χ0n) is 18.9. The highest BCUT2D eigenvalue weighted by molar-refractivity contribution is 6.10. The van der Waals surface area contributed by atoms with Gasteiger partial charge in [0.15, 0.2) is 11.5 Å². The number of methoxy groups -OCH3 is 2. The van der Waals surface area contributed by atoms with E-state index < -0.39 is 6.04 Å². The van der Waals surface area contributed by atoms with Gasteiger partial charge in [-0.1, -0.05) is 37.3 Å². The molecule has 33 heavy (non-hydrogen) atoms. The second-order valence-electron chi connectivity index (χ2n) is 7.35. The van der Waals surface area contributed by atoms with Gasteiger partial charge in [0.25, 0.3) is 5.91 Å². The lowest BCUT2D eigenvalue weighted by Crippen LogP contribution is -2.49. The monoisotopic (exact) mass is 450 g/mol. The molecule has 0 saturated heterocycles. The first-order valence-corrected chi connectivity index (χ1v) is 10.6. The van der Waals surface area contributed by atoms with Crippen molar-refractivity contribution in [2.75, 3.05) is 19.1 Å². The highest BCUT2D eigenvalue weighted by Gasteiger charge is 2.31. The van der Waals surface area contributed by atoms with Crippen LogP contribution in [0.1, 0.15) is 29.3 Å². The minimum atomic E-state index is -0.756. The summed E-state index contributed by atoms with van der Waals surface area (Å²) in [5.41, 5.74) is 1.72. The molecule has 3 aromatic rings. The van der Waals surface area contributed by atoms with Gasteiger partial charge in [-0.15, -0.1) is 0 Å². The molecule has 6 nitrogen and oxygen atoms in total. The minimum absolute atomic E-state index is 0.225. The summed E-state index contributed by atoms with van der Waals surface area (Å²) in [6.45, 7) is 2.07. The zero-order valence-corrected chi connectivity index (χ0v) is 18.9. The Labute approximate surface area is 192 Å². The first-order valence-electron chi connectivity index (χ1n) is 10.6. The van der Waals surface area contributed by atoms with Crippen molar-refractivity contribution in [3.8, 4) is 11.5 Å². The summed E-state index contributed by atoms with van der Waals surface area (Å²) in [7, 11) is 3.02. The van der Waals surface area contributed by atoms with E-state index in [1.165, 1.54) is 31.3 Å². The molecular formula is C26H27FN2O4. The predicted molar refractivity (Wildman–Crippen MR) is 125 cm³/mol. The van der Waals surface area contributed by atoms with Gasteiger partial charge in [0.1, 0.15) is 11.9 Å². The van der Waals surface area contributed by atoms with Crippen LogP contribution in [0.3, 0.4) is 0 Å². The van der Waals surface area contributed by atoms with Crippen molar-refractivity contribution in [3.63, 3.8) is 0 Å². The molecule has 1 atom stereocenters. The molecule has 0 heterocycles. The fourth-order valence-electron chi connectivity index (χ4n) is 3.53. The standard InChI is InChI=1S/C26H27FN2O4/c1-4-22(25(30)28-17-18-10-13-20(27)14-11-18)29(21-8-6-5-7-9-21)26(31)19-12-15-23(32-2)24(16-19)33-3/h5-16,22H,4,17H2,1-3H3,(H,28,30). The van der Waals surface area contributed by atoms with E-state index >= 15 is 0 Å². The van der Waals surface area contributed by atoms with Gasteiger partial charge >= 0.3 is 0 Å². The summed E-state index contributed by atoms with van der Waals surface area (Å²) in [6.07, 6.45) is 0.392. The second-order valence-corrected chi connectivity index (χ2v) is 7.35. The van der Waals surface area contributed by atoms with Crippen LogP contribution in [-0.2, 0) is 11.3 Å². The number of rotatable bonds is 9. The minimum Gasteiger partial charge on any atom is -0.493 e. The van der Waals surface area contributed by atoms with Gasteiger partial charge in [0.05, 0.1) is 14.2 Å². The third-order valence-electron chi connectivity index (χ3n) is 5.26. The normalized spacial score (nSPS) is 11.4. The van der Waals surface area contributed by atoms with E-state index in [-0.39, 0.29) is 24.2 Å². The van der Waals surface area contributed by atoms with Crippen molar-refractivity contribution in [1.29, 1.82) is 0 Å². The quantitative estimate of drug-likeness (QED) is 0.518. The lowest BCUT2D eigenvalue weighted by atomic mass is 10.1. The smallest absolute Gasteiger partial charge is 0.259 e. The number of anilines is 1. The number of nitrogens with one attached hydrogen (secondary N) is 1. The van der Waals surface area contributed by atoms with E-state index in [0.717, 1.165) is 5.56 Å². The lowest BCUT2D eigenvalue weighted by Gasteiger charge is -2.30. The molecule has 3 aromatic carbocycles. The third-order valence-corrected chi connectivity index (χ3v) is 5.26. The van der Waals surface area contributed by atoms with E-state index in [0.29, 0.717) is 29.2 Å². The molecule has 0 saturated carbocycles. The summed E-state index contributed by atoms with van der Waals surface area (Å²) in [4.78, 5) is 28.3. The number of para-hydroxylation sites is 1. The van der Waals surface area contributed by atoms with Gasteiger partial charge in [-0.2, -0.15) is 0 Å². The fraction of sp³-hybridized carbons (Fsp3) is 0.231. The van der Waals surface area contributed by atoms with Gasteiger partial charge in [-0.3, -0.25) is 14.5 Å². The molecule has 0 aliphatic rings. The average Bonchev–Trinajstić information content (AvgIpc) is 2.86. The number of hydrogen-bond donors (Lipinski definition) is 1. The molecule has 0 fully saturated rings. The van der Waals surface area contributed by atoms with Gasteiger partial charge in [0.2, 0.25) is 5.91 Å². The van der Waals surface area contributed by atoms with E-state index in [4.69, 9.17) is 9.47 Å². The average molecular weight is 451 g/mol. The maximum absolute atomic E-state index is 13.6. The van der Waals surface area contributed by atoms with Crippen LogP contribution in [0.15, 0.2) is 72.8 Å². The van der Waals surface area contributed by atoms with Crippen LogP contribution in [0.4, 0.5) is 10.1 Å². The van der Waals surface area contributed by atoms with Crippen LogP contribution in [0.5, 0.6) is 11.5 Å². The van der Waals surface area contributed by atoms with Crippen molar-refractivity contribution in [2.45, 2.75) is 25.9 Å². The Balaban J connectivity index is 1.91. The molecule has 172 valence electrons. The van der Waals surface area contributed by atoms with Gasteiger partial charge < -0.3 is 14.8 Å². The molecule has 0 aliphatic heterocycles. The number of nitrogens with zero attached hydrogens (tertiary/aromatic N) is 1. The Morgan fingerprint density at radius 2 is 1.61 bits per heavy atom. The van der Waals surface area contributed by atoms with Crippen molar-refractivity contribution < 1.29 is 23.5 Å². The van der Waals surface area contributed by atoms with Crippen LogP contribution in [0, 0.1) is 5.82 Å². The van der Waals surface area contributed by atoms with E-state index in [1.807, 2.05) is 25.1 Å². The molecule has 7 heteroatoms. The topological polar surface area (TPSA) is 67.9 Å². The number of ether oxygens (including phenoxy) is 2. The number of benzene rings is 3. The van der Waals surface area contributed by atoms with E-state index in [2.05, 4.69) is 5.32 Å². The Bertz CT molecular complexity index is 1090. The third kappa shape index (κ3) is 5.68. The van der Waals surface area contributed by atoms with Crippen molar-refractivity contribution in [1.82, 2.24) is 5.32 Å². The summed E-state index contributed by atoms with van der Waals surface area (Å²) in [5.74, 6) is -0.0627. The highest BCUT2D eigenvalue weighted by atomic mass is 19.1. The molecule has 0 radical (unpaired) electrons. The van der Waals surface area contributed by atoms with Gasteiger partial charge in [0, 0.05) is 17.8 Å². The van der Waals surface area contributed by atoms with Crippen molar-refractivity contribution >= 4 is 17.5 Å². The second kappa shape index (κ2) is 11.1. The maximum atomic E-state index is 13.6. The molecule has 0 aromatic heterocycles. The molecule has 0 bridgehead atoms. The fourth-order valence-corrected chi connectivity index (χ4v) is 3.53. The maximum Gasteiger partial charge on any atom is 0.259 e. The van der Waals surface area contributed by atoms with Gasteiger partial charge in [-0.05, 0) is 54.4 Å². The molecular weight excluding hydrogens is 423 g/mol. The van der Waals surface area contributed by atoms with Crippen LogP contribution in [0.25, 0.3) is 0 Å². The van der Waals surface area contributed by atoms with E-state index in [1.54, 1.807) is 42.5 Å². The number of carbonyl (C=O) groups is 2. The highest BCUT2D eigenvalue weighted by Crippen LogP contribution is 2.30. The van der Waals surface area contributed by atoms with Gasteiger partial charge in [-0.25, -0.2) is 4.39 Å². The predicted octanol–water partition coefficient (Wildman–Crippen LogP) is 4.58. The zero-order chi connectivity index (χ0) is 23.8. The molecule has 3 rings (SSSR count). The summed E-state index contributed by atoms with van der Waals surface area (Å²) >= 11 is 0. The number of amides is 2. The first-order chi connectivity index (χ1) is 16.0. The Morgan fingerprint density at radius 3 is 2.21 bits per heavy atom. The SMILES string of the molecule is CCC(C(=O)NCc1ccc(F)cc1)N(C(=O)c1ccc(OC)c(OC)c1)c1ccccc1. The molecule has 0 spiro atoms. The summed E-state index contributed by atoms with van der Waals surface area (Å²) in [6, 6.07) is 19.1. The largest absolute Gasteiger partial charge is 0.493 e. The first kappa shape index (κ1) is 23.8. The summed E-state index contributed by atoms with van der Waals surface area (Å²) < 4.78 is 23.8. The molecule has 1 N–H and O–H groups in total. The number of halogens is 1. The number of hydrogen-bond acceptors (Lipinski definition) is 4. The Hall–Kier alpha value is -3.87. The molecule has 0 aliphatic carbocycles. The van der Waals surface area contributed by atoms with Crippen LogP contribution in [-0.4, -0.2) is 32.1 Å². The Kier molecular flexibility index (Phi) is 8.02. The molecule has 2 amide bonds. The van der Waals surface area contributed by atoms with Crippen LogP contribution in [0.2, 0.25) is 0 Å². The molecule has 1 unspecified atom stereocenters. The lowest BCUT2D eigenvalue weighted by molar-refractivity contribution is -0.122. The van der Waals surface area contributed by atoms with Crippen LogP contribution >= 0.6 is 0 Å². The Morgan fingerprint density at radius 1 is 0.939 bits per heavy atom. The van der Waals surface area contributed by atoms with E-state index in [9.17, 15) is 14.0 Å². The number of carbonyl (C=O) groups excluding carboxylic acids is 2. The van der Waals surface area contributed by atoms with Crippen LogP contribution < -0.4 is 19.7 Å². The summed E-state index contributed by atoms with van der Waals surface area (Å²) in [5, 5.41) is 2.87. The van der Waals surface area contributed by atoms with Crippen molar-refractivity contribution in [2.24, 2.45) is 0 Å². The van der Waals surface area contributed by atoms with Crippen molar-refractivity contribution in [3.05, 3.63) is 89.7 Å².